The minimum Gasteiger partial charge on any atom is -0.478 e. The van der Waals surface area contributed by atoms with Crippen LogP contribution >= 0.6 is 0 Å². The molecule has 0 radical (unpaired) electrons. The van der Waals surface area contributed by atoms with Crippen molar-refractivity contribution in [2.75, 3.05) is 19.8 Å². The van der Waals surface area contributed by atoms with Gasteiger partial charge in [0.05, 0.1) is 6.61 Å². The predicted molar refractivity (Wildman–Crippen MR) is 58.5 cm³/mol. The van der Waals surface area contributed by atoms with Crippen molar-refractivity contribution < 1.29 is 24.2 Å². The van der Waals surface area contributed by atoms with Gasteiger partial charge in [0, 0.05) is 18.8 Å². The van der Waals surface area contributed by atoms with E-state index in [1.165, 1.54) is 0 Å². The zero-order chi connectivity index (χ0) is 11.5. The molecule has 0 aliphatic heterocycles. The molecule has 0 saturated heterocycles. The molecule has 0 fully saturated rings. The van der Waals surface area contributed by atoms with Crippen LogP contribution in [0, 0.1) is 0 Å². The van der Waals surface area contributed by atoms with E-state index in [4.69, 9.17) is 9.84 Å². The minimum absolute atomic E-state index is 0. The molecule has 0 unspecified atom stereocenters. The van der Waals surface area contributed by atoms with Gasteiger partial charge in [-0.1, -0.05) is 13.3 Å². The number of carbonyl (C=O) groups is 2. The molecule has 4 N–H and O–H groups in total. The van der Waals surface area contributed by atoms with E-state index in [-0.39, 0.29) is 12.8 Å². The van der Waals surface area contributed by atoms with Gasteiger partial charge in [-0.2, -0.15) is 0 Å². The third-order valence-electron chi connectivity index (χ3n) is 1.48. The number of hydrogen-bond acceptors (Lipinski definition) is 5. The molecule has 0 aliphatic rings. The smallest absolute Gasteiger partial charge is 0.331 e. The molecule has 0 saturated carbocycles. The summed E-state index contributed by atoms with van der Waals surface area (Å²) in [5.74, 6) is -1.84. The number of aliphatic carboxylic acids is 1. The van der Waals surface area contributed by atoms with Gasteiger partial charge in [-0.15, -0.1) is 0 Å². The van der Waals surface area contributed by atoms with Gasteiger partial charge < -0.3 is 20.7 Å². The summed E-state index contributed by atoms with van der Waals surface area (Å²) < 4.78 is 9.79. The van der Waals surface area contributed by atoms with Crippen LogP contribution in [0.4, 0.5) is 0 Å². The molecule has 0 aliphatic carbocycles. The Morgan fingerprint density at radius 1 is 1.19 bits per heavy atom. The summed E-state index contributed by atoms with van der Waals surface area (Å²) in [7, 11) is 0. The Morgan fingerprint density at radius 3 is 2.44 bits per heavy atom. The molecule has 0 atom stereocenters. The topological polar surface area (TPSA) is 108 Å². The Bertz CT molecular complexity index is 227. The normalized spacial score (nSPS) is 9.81. The van der Waals surface area contributed by atoms with Crippen molar-refractivity contribution in [1.29, 1.82) is 0 Å². The maximum absolute atomic E-state index is 10.8. The van der Waals surface area contributed by atoms with E-state index in [0.29, 0.717) is 13.2 Å². The molecule has 0 aromatic rings. The number of carboxylic acid groups (broad SMARTS) is 1. The van der Waals surface area contributed by atoms with Crippen LogP contribution in [0.3, 0.4) is 0 Å². The molecule has 0 rings (SSSR count). The van der Waals surface area contributed by atoms with E-state index in [1.54, 1.807) is 0 Å². The molecular weight excluding hydrogens is 214 g/mol. The second kappa shape index (κ2) is 11.7. The van der Waals surface area contributed by atoms with Gasteiger partial charge in [0.25, 0.3) is 0 Å². The Kier molecular flexibility index (Phi) is 12.4. The average molecular weight is 233 g/mol. The highest BCUT2D eigenvalue weighted by Crippen LogP contribution is 1.88. The van der Waals surface area contributed by atoms with E-state index >= 15 is 0 Å². The molecule has 0 aromatic heterocycles. The summed E-state index contributed by atoms with van der Waals surface area (Å²) in [6.45, 7) is 3.19. The SMILES string of the molecule is CCCCOCCOC(=O)/C=C\C(=O)O.N. The monoisotopic (exact) mass is 233 g/mol. The molecule has 94 valence electrons. The summed E-state index contributed by atoms with van der Waals surface area (Å²) in [5.41, 5.74) is 0. The highest BCUT2D eigenvalue weighted by atomic mass is 16.6. The van der Waals surface area contributed by atoms with Gasteiger partial charge in [0.1, 0.15) is 6.61 Å². The molecule has 0 aromatic carbocycles. The summed E-state index contributed by atoms with van der Waals surface area (Å²) in [4.78, 5) is 20.8. The van der Waals surface area contributed by atoms with Gasteiger partial charge in [0.2, 0.25) is 0 Å². The Hall–Kier alpha value is -1.40. The number of ether oxygens (including phenoxy) is 2. The third kappa shape index (κ3) is 12.6. The van der Waals surface area contributed by atoms with Gasteiger partial charge in [-0.25, -0.2) is 9.59 Å². The summed E-state index contributed by atoms with van der Waals surface area (Å²) in [6, 6.07) is 0. The number of hydrogen-bond donors (Lipinski definition) is 2. The molecule has 16 heavy (non-hydrogen) atoms. The standard InChI is InChI=1S/C10H16O5.H3N/c1-2-3-6-14-7-8-15-10(13)5-4-9(11)12;/h4-5H,2-3,6-8H2,1H3,(H,11,12);1H3/b5-4-;. The lowest BCUT2D eigenvalue weighted by atomic mass is 10.4. The number of esters is 1. The van der Waals surface area contributed by atoms with Crippen LogP contribution in [0.15, 0.2) is 12.2 Å². The fourth-order valence-corrected chi connectivity index (χ4v) is 0.737. The summed E-state index contributed by atoms with van der Waals surface area (Å²) in [5, 5.41) is 8.21. The number of unbranched alkanes of at least 4 members (excludes halogenated alkanes) is 1. The third-order valence-corrected chi connectivity index (χ3v) is 1.48. The van der Waals surface area contributed by atoms with Gasteiger partial charge in [0.15, 0.2) is 0 Å². The molecule has 6 nitrogen and oxygen atoms in total. The highest BCUT2D eigenvalue weighted by Gasteiger charge is 1.97. The largest absolute Gasteiger partial charge is 0.478 e. The van der Waals surface area contributed by atoms with Crippen LogP contribution in [-0.4, -0.2) is 36.9 Å². The summed E-state index contributed by atoms with van der Waals surface area (Å²) in [6.07, 6.45) is 3.64. The van der Waals surface area contributed by atoms with E-state index in [0.717, 1.165) is 25.0 Å². The van der Waals surface area contributed by atoms with Crippen molar-refractivity contribution in [1.82, 2.24) is 6.15 Å². The first-order valence-corrected chi connectivity index (χ1v) is 4.82. The maximum atomic E-state index is 10.8. The second-order valence-electron chi connectivity index (χ2n) is 2.80. The van der Waals surface area contributed by atoms with Crippen LogP contribution in [0.25, 0.3) is 0 Å². The Morgan fingerprint density at radius 2 is 1.88 bits per heavy atom. The van der Waals surface area contributed by atoms with Crippen molar-refractivity contribution in [3.05, 3.63) is 12.2 Å². The average Bonchev–Trinajstić information content (AvgIpc) is 2.20. The van der Waals surface area contributed by atoms with Crippen LogP contribution in [0.1, 0.15) is 19.8 Å². The van der Waals surface area contributed by atoms with Crippen molar-refractivity contribution in [2.24, 2.45) is 0 Å². The van der Waals surface area contributed by atoms with E-state index in [2.05, 4.69) is 11.7 Å². The lowest BCUT2D eigenvalue weighted by molar-refractivity contribution is -0.140. The number of carboxylic acids is 1. The molecule has 0 spiro atoms. The quantitative estimate of drug-likeness (QED) is 0.370. The molecule has 0 bridgehead atoms. The summed E-state index contributed by atoms with van der Waals surface area (Å²) >= 11 is 0. The van der Waals surface area contributed by atoms with E-state index in [1.807, 2.05) is 0 Å². The Balaban J connectivity index is 0. The van der Waals surface area contributed by atoms with Gasteiger partial charge >= 0.3 is 11.9 Å². The highest BCUT2D eigenvalue weighted by molar-refractivity contribution is 5.90. The fourth-order valence-electron chi connectivity index (χ4n) is 0.737. The first-order valence-electron chi connectivity index (χ1n) is 4.82. The van der Waals surface area contributed by atoms with Gasteiger partial charge in [-0.3, -0.25) is 0 Å². The number of carbonyl (C=O) groups excluding carboxylic acids is 1. The second-order valence-corrected chi connectivity index (χ2v) is 2.80. The van der Waals surface area contributed by atoms with Crippen LogP contribution in [0.2, 0.25) is 0 Å². The lowest BCUT2D eigenvalue weighted by Crippen LogP contribution is -2.09. The maximum Gasteiger partial charge on any atom is 0.331 e. The first-order chi connectivity index (χ1) is 7.16. The first kappa shape index (κ1) is 17.0. The van der Waals surface area contributed by atoms with Crippen molar-refractivity contribution in [3.63, 3.8) is 0 Å². The minimum atomic E-state index is -1.17. The van der Waals surface area contributed by atoms with Crippen LogP contribution < -0.4 is 6.15 Å². The van der Waals surface area contributed by atoms with Crippen molar-refractivity contribution in [3.8, 4) is 0 Å². The van der Waals surface area contributed by atoms with Crippen LogP contribution in [-0.2, 0) is 19.1 Å². The van der Waals surface area contributed by atoms with E-state index in [9.17, 15) is 9.59 Å². The Labute approximate surface area is 94.8 Å². The molecule has 0 amide bonds. The van der Waals surface area contributed by atoms with E-state index < -0.39 is 11.9 Å². The molecule has 6 heteroatoms. The van der Waals surface area contributed by atoms with Gasteiger partial charge in [-0.05, 0) is 6.42 Å². The van der Waals surface area contributed by atoms with Crippen molar-refractivity contribution in [2.45, 2.75) is 19.8 Å². The zero-order valence-electron chi connectivity index (χ0n) is 9.48. The fraction of sp³-hybridized carbons (Fsp3) is 0.600. The number of rotatable bonds is 8. The zero-order valence-corrected chi connectivity index (χ0v) is 9.48. The molecule has 0 heterocycles. The van der Waals surface area contributed by atoms with Crippen molar-refractivity contribution >= 4 is 11.9 Å². The lowest BCUT2D eigenvalue weighted by Gasteiger charge is -2.03. The molecular formula is C10H19NO5. The van der Waals surface area contributed by atoms with Crippen LogP contribution in [0.5, 0.6) is 0 Å². The predicted octanol–water partition coefficient (Wildman–Crippen LogP) is 1.15.